The molecule has 140 valence electrons. The molecule has 26 heavy (non-hydrogen) atoms. The average Bonchev–Trinajstić information content (AvgIpc) is 2.62. The van der Waals surface area contributed by atoms with Gasteiger partial charge in [0.15, 0.2) is 0 Å². The van der Waals surface area contributed by atoms with Crippen molar-refractivity contribution in [3.63, 3.8) is 0 Å². The van der Waals surface area contributed by atoms with Gasteiger partial charge in [-0.15, -0.1) is 0 Å². The van der Waals surface area contributed by atoms with Crippen LogP contribution in [0, 0.1) is 6.92 Å². The van der Waals surface area contributed by atoms with Gasteiger partial charge in [0.25, 0.3) is 0 Å². The van der Waals surface area contributed by atoms with Gasteiger partial charge in [0, 0.05) is 49.7 Å². The molecule has 1 unspecified atom stereocenters. The van der Waals surface area contributed by atoms with Crippen LogP contribution in [0.5, 0.6) is 0 Å². The van der Waals surface area contributed by atoms with E-state index in [-0.39, 0.29) is 0 Å². The van der Waals surface area contributed by atoms with Crippen molar-refractivity contribution >= 4 is 23.0 Å². The van der Waals surface area contributed by atoms with E-state index in [1.807, 2.05) is 13.0 Å². The highest BCUT2D eigenvalue weighted by Crippen LogP contribution is 2.22. The fraction of sp³-hybridized carbons (Fsp3) is 0.500. The summed E-state index contributed by atoms with van der Waals surface area (Å²) in [6.45, 7) is 10.6. The minimum Gasteiger partial charge on any atom is -0.369 e. The Labute approximate surface area is 156 Å². The highest BCUT2D eigenvalue weighted by atomic mass is 15.2. The quantitative estimate of drug-likeness (QED) is 0.828. The highest BCUT2D eigenvalue weighted by molar-refractivity contribution is 5.62. The maximum Gasteiger partial charge on any atom is 0.136 e. The summed E-state index contributed by atoms with van der Waals surface area (Å²) in [5.41, 5.74) is 2.32. The summed E-state index contributed by atoms with van der Waals surface area (Å²) in [5.74, 6) is 2.44. The summed E-state index contributed by atoms with van der Waals surface area (Å²) in [5, 5.41) is 6.81. The van der Waals surface area contributed by atoms with Gasteiger partial charge >= 0.3 is 0 Å². The van der Waals surface area contributed by atoms with Gasteiger partial charge in [0.2, 0.25) is 0 Å². The molecule has 1 aromatic heterocycles. The molecule has 0 aliphatic carbocycles. The first-order chi connectivity index (χ1) is 12.5. The number of likely N-dealkylation sites (N-methyl/N-ethyl adjacent to an activating group) is 1. The second-order valence-electron chi connectivity index (χ2n) is 7.10. The molecule has 1 aliphatic heterocycles. The lowest BCUT2D eigenvalue weighted by Gasteiger charge is -2.34. The number of aryl methyl sites for hydroxylation is 1. The van der Waals surface area contributed by atoms with Gasteiger partial charge in [-0.2, -0.15) is 0 Å². The maximum absolute atomic E-state index is 4.50. The first-order valence-corrected chi connectivity index (χ1v) is 9.46. The first-order valence-electron chi connectivity index (χ1n) is 9.46. The Morgan fingerprint density at radius 3 is 2.35 bits per heavy atom. The van der Waals surface area contributed by atoms with Crippen LogP contribution in [0.1, 0.15) is 26.1 Å². The minimum absolute atomic E-state index is 0.389. The molecule has 0 bridgehead atoms. The third-order valence-electron chi connectivity index (χ3n) is 4.85. The minimum atomic E-state index is 0.389. The molecule has 2 aromatic rings. The van der Waals surface area contributed by atoms with Crippen LogP contribution in [0.3, 0.4) is 0 Å². The van der Waals surface area contributed by atoms with Crippen molar-refractivity contribution in [3.05, 3.63) is 36.2 Å². The van der Waals surface area contributed by atoms with E-state index < -0.39 is 0 Å². The van der Waals surface area contributed by atoms with Crippen LogP contribution in [-0.4, -0.2) is 54.1 Å². The summed E-state index contributed by atoms with van der Waals surface area (Å²) in [6, 6.07) is 11.0. The van der Waals surface area contributed by atoms with Gasteiger partial charge in [0.05, 0.1) is 0 Å². The van der Waals surface area contributed by atoms with E-state index in [1.54, 1.807) is 0 Å². The number of benzene rings is 1. The van der Waals surface area contributed by atoms with Gasteiger partial charge in [-0.1, -0.05) is 6.92 Å². The van der Waals surface area contributed by atoms with Crippen molar-refractivity contribution in [3.8, 4) is 0 Å². The number of nitrogens with zero attached hydrogens (tertiary/aromatic N) is 4. The number of hydrogen-bond donors (Lipinski definition) is 2. The Bertz CT molecular complexity index is 707. The number of anilines is 4. The summed E-state index contributed by atoms with van der Waals surface area (Å²) < 4.78 is 0. The van der Waals surface area contributed by atoms with E-state index >= 15 is 0 Å². The summed E-state index contributed by atoms with van der Waals surface area (Å²) in [4.78, 5) is 13.8. The molecular weight excluding hydrogens is 324 g/mol. The van der Waals surface area contributed by atoms with Crippen LogP contribution < -0.4 is 15.5 Å². The second kappa shape index (κ2) is 8.36. The van der Waals surface area contributed by atoms with E-state index in [0.717, 1.165) is 55.7 Å². The van der Waals surface area contributed by atoms with Crippen molar-refractivity contribution in [1.29, 1.82) is 0 Å². The number of piperazine rings is 1. The topological polar surface area (TPSA) is 56.3 Å². The van der Waals surface area contributed by atoms with Crippen LogP contribution in [0.25, 0.3) is 0 Å². The first kappa shape index (κ1) is 18.5. The summed E-state index contributed by atoms with van der Waals surface area (Å²) >= 11 is 0. The van der Waals surface area contributed by atoms with Crippen molar-refractivity contribution < 1.29 is 0 Å². The third kappa shape index (κ3) is 4.85. The van der Waals surface area contributed by atoms with E-state index in [1.165, 1.54) is 5.69 Å². The molecule has 3 rings (SSSR count). The lowest BCUT2D eigenvalue weighted by molar-refractivity contribution is 0.313. The zero-order valence-electron chi connectivity index (χ0n) is 16.3. The van der Waals surface area contributed by atoms with Gasteiger partial charge in [-0.3, -0.25) is 0 Å². The number of hydrogen-bond acceptors (Lipinski definition) is 6. The lowest BCUT2D eigenvalue weighted by atomic mass is 10.2. The molecule has 0 saturated carbocycles. The van der Waals surface area contributed by atoms with Crippen molar-refractivity contribution in [1.82, 2.24) is 14.9 Å². The second-order valence-corrected chi connectivity index (χ2v) is 7.10. The molecule has 2 N–H and O–H groups in total. The predicted molar refractivity (Wildman–Crippen MR) is 110 cm³/mol. The normalized spacial score (nSPS) is 16.4. The third-order valence-corrected chi connectivity index (χ3v) is 4.85. The highest BCUT2D eigenvalue weighted by Gasteiger charge is 2.14. The van der Waals surface area contributed by atoms with Crippen LogP contribution in [0.15, 0.2) is 30.3 Å². The predicted octanol–water partition coefficient (Wildman–Crippen LogP) is 3.49. The van der Waals surface area contributed by atoms with Gasteiger partial charge in [0.1, 0.15) is 17.5 Å². The fourth-order valence-electron chi connectivity index (χ4n) is 3.03. The van der Waals surface area contributed by atoms with Gasteiger partial charge in [-0.05, 0) is 51.6 Å². The molecule has 6 nitrogen and oxygen atoms in total. The lowest BCUT2D eigenvalue weighted by Crippen LogP contribution is -2.44. The molecule has 0 radical (unpaired) electrons. The van der Waals surface area contributed by atoms with E-state index in [2.05, 4.69) is 75.6 Å². The van der Waals surface area contributed by atoms with Crippen molar-refractivity contribution in [2.45, 2.75) is 33.2 Å². The SMILES string of the molecule is CCC(C)Nc1cc(Nc2ccc(N3CCN(C)CC3)cc2)nc(C)n1. The Morgan fingerprint density at radius 2 is 1.69 bits per heavy atom. The Balaban J connectivity index is 1.67. The molecular formula is C20H30N6. The van der Waals surface area contributed by atoms with Gasteiger partial charge in [-0.25, -0.2) is 9.97 Å². The van der Waals surface area contributed by atoms with Gasteiger partial charge < -0.3 is 20.4 Å². The van der Waals surface area contributed by atoms with Crippen LogP contribution in [0.2, 0.25) is 0 Å². The Kier molecular flexibility index (Phi) is 5.93. The number of nitrogens with one attached hydrogen (secondary N) is 2. The number of aromatic nitrogens is 2. The molecule has 0 spiro atoms. The largest absolute Gasteiger partial charge is 0.369 e. The van der Waals surface area contributed by atoms with E-state index in [9.17, 15) is 0 Å². The van der Waals surface area contributed by atoms with Crippen LogP contribution in [0.4, 0.5) is 23.0 Å². The molecule has 2 heterocycles. The molecule has 6 heteroatoms. The van der Waals surface area contributed by atoms with Crippen molar-refractivity contribution in [2.24, 2.45) is 0 Å². The molecule has 1 aliphatic rings. The number of rotatable bonds is 6. The fourth-order valence-corrected chi connectivity index (χ4v) is 3.03. The average molecular weight is 355 g/mol. The standard InChI is InChI=1S/C20H30N6/c1-5-15(2)21-19-14-20(23-16(3)22-19)24-17-6-8-18(9-7-17)26-12-10-25(4)11-13-26/h6-9,14-15H,5,10-13H2,1-4H3,(H2,21,22,23,24). The monoisotopic (exact) mass is 354 g/mol. The van der Waals surface area contributed by atoms with E-state index in [4.69, 9.17) is 0 Å². The summed E-state index contributed by atoms with van der Waals surface area (Å²) in [7, 11) is 2.18. The van der Waals surface area contributed by atoms with Crippen LogP contribution in [-0.2, 0) is 0 Å². The molecule has 1 aromatic carbocycles. The van der Waals surface area contributed by atoms with Crippen LogP contribution >= 0.6 is 0 Å². The Hall–Kier alpha value is -2.34. The van der Waals surface area contributed by atoms with E-state index in [0.29, 0.717) is 6.04 Å². The smallest absolute Gasteiger partial charge is 0.136 e. The zero-order valence-corrected chi connectivity index (χ0v) is 16.3. The zero-order chi connectivity index (χ0) is 18.5. The Morgan fingerprint density at radius 1 is 1.04 bits per heavy atom. The molecule has 1 fully saturated rings. The molecule has 0 amide bonds. The van der Waals surface area contributed by atoms with Crippen molar-refractivity contribution in [2.75, 3.05) is 48.8 Å². The maximum atomic E-state index is 4.50. The molecule has 1 atom stereocenters. The molecule has 1 saturated heterocycles. The summed E-state index contributed by atoms with van der Waals surface area (Å²) in [6.07, 6.45) is 1.06.